The Labute approximate surface area is 147 Å². The number of amides is 1. The van der Waals surface area contributed by atoms with Crippen molar-refractivity contribution in [3.63, 3.8) is 0 Å². The Morgan fingerprint density at radius 1 is 1.09 bits per heavy atom. The number of thioether (sulfide) groups is 1. The van der Waals surface area contributed by atoms with Crippen molar-refractivity contribution in [1.29, 1.82) is 0 Å². The molecule has 0 heterocycles. The van der Waals surface area contributed by atoms with E-state index in [0.717, 1.165) is 34.2 Å². The van der Waals surface area contributed by atoms with Crippen molar-refractivity contribution in [2.45, 2.75) is 43.4 Å². The summed E-state index contributed by atoms with van der Waals surface area (Å²) >= 11 is 7.47. The molecule has 4 aliphatic carbocycles. The van der Waals surface area contributed by atoms with E-state index in [1.54, 1.807) is 11.8 Å². The van der Waals surface area contributed by atoms with Gasteiger partial charge >= 0.3 is 0 Å². The first-order chi connectivity index (χ1) is 11.1. The van der Waals surface area contributed by atoms with Crippen LogP contribution in [0.2, 0.25) is 5.02 Å². The first-order valence-electron chi connectivity index (χ1n) is 8.75. The lowest BCUT2D eigenvalue weighted by molar-refractivity contribution is -0.120. The molecule has 0 unspecified atom stereocenters. The Morgan fingerprint density at radius 2 is 1.65 bits per heavy atom. The van der Waals surface area contributed by atoms with Crippen LogP contribution in [0.1, 0.15) is 38.5 Å². The van der Waals surface area contributed by atoms with Crippen LogP contribution >= 0.6 is 23.4 Å². The molecule has 0 aliphatic heterocycles. The Hall–Kier alpha value is -0.670. The molecule has 4 fully saturated rings. The number of nitrogens with one attached hydrogen (secondary N) is 1. The third-order valence-electron chi connectivity index (χ3n) is 6.01. The zero-order valence-electron chi connectivity index (χ0n) is 13.4. The number of rotatable bonds is 5. The summed E-state index contributed by atoms with van der Waals surface area (Å²) in [6.45, 7) is 0.899. The Balaban J connectivity index is 1.27. The summed E-state index contributed by atoms with van der Waals surface area (Å²) in [4.78, 5) is 13.3. The predicted molar refractivity (Wildman–Crippen MR) is 95.8 cm³/mol. The second-order valence-electron chi connectivity index (χ2n) is 7.94. The Morgan fingerprint density at radius 3 is 2.22 bits per heavy atom. The lowest BCUT2D eigenvalue weighted by Crippen LogP contribution is -2.51. The first-order valence-corrected chi connectivity index (χ1v) is 10.1. The van der Waals surface area contributed by atoms with Crippen molar-refractivity contribution in [2.75, 3.05) is 12.3 Å². The summed E-state index contributed by atoms with van der Waals surface area (Å²) in [7, 11) is 0. The second kappa shape index (κ2) is 6.33. The van der Waals surface area contributed by atoms with Crippen molar-refractivity contribution in [3.05, 3.63) is 29.3 Å². The normalized spacial score (nSPS) is 34.6. The molecule has 124 valence electrons. The quantitative estimate of drug-likeness (QED) is 0.776. The number of halogens is 1. The van der Waals surface area contributed by atoms with Gasteiger partial charge in [-0.3, -0.25) is 4.79 Å². The Kier molecular flexibility index (Phi) is 4.36. The number of hydrogen-bond acceptors (Lipinski definition) is 2. The fraction of sp³-hybridized carbons (Fsp3) is 0.632. The molecule has 4 aliphatic rings. The molecule has 1 N–H and O–H groups in total. The molecular formula is C19H24ClNOS. The molecule has 5 rings (SSSR count). The van der Waals surface area contributed by atoms with Crippen LogP contribution in [0.15, 0.2) is 29.2 Å². The maximum Gasteiger partial charge on any atom is 0.230 e. The van der Waals surface area contributed by atoms with Crippen molar-refractivity contribution < 1.29 is 4.79 Å². The van der Waals surface area contributed by atoms with Crippen molar-refractivity contribution in [1.82, 2.24) is 5.32 Å². The van der Waals surface area contributed by atoms with Gasteiger partial charge in [0.05, 0.1) is 5.75 Å². The largest absolute Gasteiger partial charge is 0.355 e. The topological polar surface area (TPSA) is 29.1 Å². The van der Waals surface area contributed by atoms with E-state index in [4.69, 9.17) is 11.6 Å². The van der Waals surface area contributed by atoms with Gasteiger partial charge in [-0.05, 0) is 86.0 Å². The average Bonchev–Trinajstić information content (AvgIpc) is 2.51. The van der Waals surface area contributed by atoms with Crippen LogP contribution in [0.25, 0.3) is 0 Å². The van der Waals surface area contributed by atoms with Gasteiger partial charge in [0.1, 0.15) is 0 Å². The van der Waals surface area contributed by atoms with E-state index in [2.05, 4.69) is 5.32 Å². The van der Waals surface area contributed by atoms with Gasteiger partial charge < -0.3 is 5.32 Å². The molecule has 4 bridgehead atoms. The summed E-state index contributed by atoms with van der Waals surface area (Å²) in [5.74, 6) is 3.50. The van der Waals surface area contributed by atoms with Gasteiger partial charge in [0, 0.05) is 16.5 Å². The minimum Gasteiger partial charge on any atom is -0.355 e. The van der Waals surface area contributed by atoms with Gasteiger partial charge in [0.15, 0.2) is 0 Å². The van der Waals surface area contributed by atoms with Crippen LogP contribution in [0.3, 0.4) is 0 Å². The van der Waals surface area contributed by atoms with E-state index >= 15 is 0 Å². The van der Waals surface area contributed by atoms with Crippen LogP contribution in [-0.4, -0.2) is 18.2 Å². The fourth-order valence-electron chi connectivity index (χ4n) is 5.52. The standard InChI is InChI=1S/C19H24ClNOS/c20-16-1-3-17(4-2-16)23-11-18(22)21-12-19-8-13-5-14(9-19)7-15(6-13)10-19/h1-4,13-15H,5-12H2,(H,21,22). The molecule has 0 spiro atoms. The Bertz CT molecular complexity index is 550. The van der Waals surface area contributed by atoms with Gasteiger partial charge in [-0.25, -0.2) is 0 Å². The van der Waals surface area contributed by atoms with Gasteiger partial charge in [0.2, 0.25) is 5.91 Å². The minimum absolute atomic E-state index is 0.167. The summed E-state index contributed by atoms with van der Waals surface area (Å²) in [6.07, 6.45) is 8.43. The fourth-order valence-corrected chi connectivity index (χ4v) is 6.38. The number of hydrogen-bond donors (Lipinski definition) is 1. The highest BCUT2D eigenvalue weighted by molar-refractivity contribution is 8.00. The van der Waals surface area contributed by atoms with E-state index in [9.17, 15) is 4.79 Å². The van der Waals surface area contributed by atoms with Crippen LogP contribution < -0.4 is 5.32 Å². The van der Waals surface area contributed by atoms with Gasteiger partial charge in [-0.15, -0.1) is 11.8 Å². The van der Waals surface area contributed by atoms with Crippen LogP contribution in [0, 0.1) is 23.2 Å². The molecule has 0 atom stereocenters. The maximum atomic E-state index is 12.2. The number of carbonyl (C=O) groups is 1. The molecule has 0 radical (unpaired) electrons. The summed E-state index contributed by atoms with van der Waals surface area (Å²) in [5, 5.41) is 3.97. The molecule has 0 aromatic heterocycles. The third kappa shape index (κ3) is 3.56. The SMILES string of the molecule is O=C(CSc1ccc(Cl)cc1)NCC12CC3CC(CC(C3)C1)C2. The van der Waals surface area contributed by atoms with E-state index in [0.29, 0.717) is 11.2 Å². The number of carbonyl (C=O) groups excluding carboxylic acids is 1. The maximum absolute atomic E-state index is 12.2. The molecule has 1 aromatic rings. The molecule has 4 saturated carbocycles. The minimum atomic E-state index is 0.167. The molecule has 23 heavy (non-hydrogen) atoms. The van der Waals surface area contributed by atoms with E-state index in [1.165, 1.54) is 38.5 Å². The van der Waals surface area contributed by atoms with Gasteiger partial charge in [0.25, 0.3) is 0 Å². The monoisotopic (exact) mass is 349 g/mol. The highest BCUT2D eigenvalue weighted by atomic mass is 35.5. The van der Waals surface area contributed by atoms with Crippen LogP contribution in [-0.2, 0) is 4.79 Å². The highest BCUT2D eigenvalue weighted by Gasteiger charge is 2.50. The summed E-state index contributed by atoms with van der Waals surface area (Å²) in [6, 6.07) is 7.69. The first kappa shape index (κ1) is 15.8. The summed E-state index contributed by atoms with van der Waals surface area (Å²) < 4.78 is 0. The second-order valence-corrected chi connectivity index (χ2v) is 9.42. The van der Waals surface area contributed by atoms with Crippen LogP contribution in [0.5, 0.6) is 0 Å². The summed E-state index contributed by atoms with van der Waals surface area (Å²) in [5.41, 5.74) is 0.426. The van der Waals surface area contributed by atoms with E-state index in [-0.39, 0.29) is 5.91 Å². The van der Waals surface area contributed by atoms with Gasteiger partial charge in [-0.2, -0.15) is 0 Å². The number of benzene rings is 1. The zero-order valence-corrected chi connectivity index (χ0v) is 15.0. The lowest BCUT2D eigenvalue weighted by Gasteiger charge is -2.56. The van der Waals surface area contributed by atoms with E-state index < -0.39 is 0 Å². The molecule has 2 nitrogen and oxygen atoms in total. The van der Waals surface area contributed by atoms with Crippen molar-refractivity contribution >= 4 is 29.3 Å². The molecular weight excluding hydrogens is 326 g/mol. The molecule has 1 amide bonds. The van der Waals surface area contributed by atoms with E-state index in [1.807, 2.05) is 24.3 Å². The highest BCUT2D eigenvalue weighted by Crippen LogP contribution is 2.59. The molecule has 0 saturated heterocycles. The predicted octanol–water partition coefficient (Wildman–Crippen LogP) is 4.76. The molecule has 1 aromatic carbocycles. The zero-order chi connectivity index (χ0) is 15.9. The van der Waals surface area contributed by atoms with Gasteiger partial charge in [-0.1, -0.05) is 11.6 Å². The van der Waals surface area contributed by atoms with Crippen molar-refractivity contribution in [3.8, 4) is 0 Å². The average molecular weight is 350 g/mol. The lowest BCUT2D eigenvalue weighted by atomic mass is 9.49. The molecule has 4 heteroatoms. The van der Waals surface area contributed by atoms with Crippen molar-refractivity contribution in [2.24, 2.45) is 23.2 Å². The third-order valence-corrected chi connectivity index (χ3v) is 7.27. The smallest absolute Gasteiger partial charge is 0.230 e. The van der Waals surface area contributed by atoms with Crippen LogP contribution in [0.4, 0.5) is 0 Å².